The largest absolute Gasteiger partial charge is 0.462 e. The summed E-state index contributed by atoms with van der Waals surface area (Å²) in [6.07, 6.45) is 5.34. The minimum absolute atomic E-state index is 0.142. The highest BCUT2D eigenvalue weighted by Gasteiger charge is 2.28. The molecule has 1 aromatic rings. The van der Waals surface area contributed by atoms with Gasteiger partial charge in [-0.1, -0.05) is 12.8 Å². The van der Waals surface area contributed by atoms with Crippen molar-refractivity contribution in [3.8, 4) is 0 Å². The number of hydrogen-bond acceptors (Lipinski definition) is 5. The van der Waals surface area contributed by atoms with Gasteiger partial charge in [-0.05, 0) is 26.8 Å². The fourth-order valence-electron chi connectivity index (χ4n) is 2.99. The molecule has 0 saturated heterocycles. The molecule has 0 aromatic carbocycles. The number of carbonyl (C=O) groups is 1. The lowest BCUT2D eigenvalue weighted by Gasteiger charge is -2.35. The highest BCUT2D eigenvalue weighted by Crippen LogP contribution is 2.24. The molecular formula is C15H25N3O3. The van der Waals surface area contributed by atoms with Crippen LogP contribution in [-0.2, 0) is 18.3 Å². The number of nitrogens with zero attached hydrogens (tertiary/aromatic N) is 3. The van der Waals surface area contributed by atoms with Gasteiger partial charge in [0.2, 0.25) is 0 Å². The zero-order chi connectivity index (χ0) is 15.4. The topological polar surface area (TPSA) is 67.6 Å². The number of esters is 1. The molecule has 6 heteroatoms. The van der Waals surface area contributed by atoms with E-state index in [1.54, 1.807) is 17.8 Å². The Morgan fingerprint density at radius 1 is 1.52 bits per heavy atom. The van der Waals surface area contributed by atoms with Crippen LogP contribution >= 0.6 is 0 Å². The molecule has 0 bridgehead atoms. The van der Waals surface area contributed by atoms with E-state index in [0.29, 0.717) is 18.7 Å². The summed E-state index contributed by atoms with van der Waals surface area (Å²) in [7, 11) is 3.81. The lowest BCUT2D eigenvalue weighted by atomic mass is 9.91. The molecule has 6 nitrogen and oxygen atoms in total. The molecule has 0 amide bonds. The molecule has 1 heterocycles. The van der Waals surface area contributed by atoms with E-state index in [-0.39, 0.29) is 18.1 Å². The van der Waals surface area contributed by atoms with Crippen LogP contribution in [0.1, 0.15) is 48.7 Å². The molecule has 2 rings (SSSR count). The van der Waals surface area contributed by atoms with Crippen LogP contribution in [-0.4, -0.2) is 51.6 Å². The van der Waals surface area contributed by atoms with E-state index in [1.165, 1.54) is 0 Å². The fraction of sp³-hybridized carbons (Fsp3) is 0.733. The van der Waals surface area contributed by atoms with Crippen LogP contribution in [0.3, 0.4) is 0 Å². The average molecular weight is 295 g/mol. The van der Waals surface area contributed by atoms with E-state index in [1.807, 2.05) is 14.1 Å². The second kappa shape index (κ2) is 7.04. The third-order valence-electron chi connectivity index (χ3n) is 4.22. The predicted octanol–water partition coefficient (Wildman–Crippen LogP) is 1.33. The first-order valence-electron chi connectivity index (χ1n) is 7.60. The van der Waals surface area contributed by atoms with Crippen molar-refractivity contribution >= 4 is 5.97 Å². The summed E-state index contributed by atoms with van der Waals surface area (Å²) in [4.78, 5) is 14.1. The van der Waals surface area contributed by atoms with Gasteiger partial charge in [0.05, 0.1) is 24.6 Å². The Kier molecular flexibility index (Phi) is 5.36. The Labute approximate surface area is 125 Å². The zero-order valence-corrected chi connectivity index (χ0v) is 13.1. The van der Waals surface area contributed by atoms with E-state index >= 15 is 0 Å². The molecular weight excluding hydrogens is 270 g/mol. The van der Waals surface area contributed by atoms with Crippen molar-refractivity contribution in [3.05, 3.63) is 17.5 Å². The summed E-state index contributed by atoms with van der Waals surface area (Å²) in [5.74, 6) is -0.335. The molecule has 21 heavy (non-hydrogen) atoms. The van der Waals surface area contributed by atoms with Crippen LogP contribution in [0, 0.1) is 0 Å². The Bertz CT molecular complexity index is 487. The molecule has 1 aliphatic rings. The molecule has 0 spiro atoms. The van der Waals surface area contributed by atoms with Crippen molar-refractivity contribution in [2.75, 3.05) is 13.7 Å². The van der Waals surface area contributed by atoms with Crippen LogP contribution in [0.15, 0.2) is 6.20 Å². The van der Waals surface area contributed by atoms with Gasteiger partial charge < -0.3 is 9.84 Å². The van der Waals surface area contributed by atoms with E-state index in [9.17, 15) is 9.90 Å². The molecule has 1 aromatic heterocycles. The first kappa shape index (κ1) is 16.0. The van der Waals surface area contributed by atoms with Gasteiger partial charge in [0.25, 0.3) is 0 Å². The average Bonchev–Trinajstić information content (AvgIpc) is 2.81. The third kappa shape index (κ3) is 3.63. The number of aliphatic hydroxyl groups excluding tert-OH is 1. The smallest absolute Gasteiger partial charge is 0.341 e. The molecule has 1 aliphatic carbocycles. The van der Waals surface area contributed by atoms with Crippen LogP contribution in [0.25, 0.3) is 0 Å². The molecule has 0 radical (unpaired) electrons. The van der Waals surface area contributed by atoms with E-state index in [4.69, 9.17) is 4.74 Å². The maximum atomic E-state index is 12.0. The van der Waals surface area contributed by atoms with E-state index < -0.39 is 0 Å². The van der Waals surface area contributed by atoms with Crippen molar-refractivity contribution in [1.29, 1.82) is 0 Å². The SMILES string of the molecule is CCOC(=O)c1cnn(C)c1CN(C)C1CCCCC1O. The van der Waals surface area contributed by atoms with Gasteiger partial charge in [-0.2, -0.15) is 5.10 Å². The predicted molar refractivity (Wildman–Crippen MR) is 78.9 cm³/mol. The zero-order valence-electron chi connectivity index (χ0n) is 13.1. The second-order valence-corrected chi connectivity index (χ2v) is 5.68. The van der Waals surface area contributed by atoms with Gasteiger partial charge in [-0.25, -0.2) is 4.79 Å². The maximum Gasteiger partial charge on any atom is 0.341 e. The van der Waals surface area contributed by atoms with Gasteiger partial charge in [-0.15, -0.1) is 0 Å². The number of hydrogen-bond donors (Lipinski definition) is 1. The van der Waals surface area contributed by atoms with E-state index in [2.05, 4.69) is 10.00 Å². The summed E-state index contributed by atoms with van der Waals surface area (Å²) in [5, 5.41) is 14.3. The monoisotopic (exact) mass is 295 g/mol. The standard InChI is InChI=1S/C15H25N3O3/c1-4-21-15(20)11-9-16-18(3)13(11)10-17(2)12-7-5-6-8-14(12)19/h9,12,14,19H,4-8,10H2,1-3H3. The Hall–Kier alpha value is -1.40. The Balaban J connectivity index is 2.11. The number of aliphatic hydroxyl groups is 1. The van der Waals surface area contributed by atoms with Crippen LogP contribution in [0.4, 0.5) is 0 Å². The minimum Gasteiger partial charge on any atom is -0.462 e. The van der Waals surface area contributed by atoms with Crippen LogP contribution < -0.4 is 0 Å². The number of aryl methyl sites for hydroxylation is 1. The van der Waals surface area contributed by atoms with Crippen molar-refractivity contribution in [3.63, 3.8) is 0 Å². The molecule has 2 unspecified atom stereocenters. The van der Waals surface area contributed by atoms with Gasteiger partial charge in [0.15, 0.2) is 0 Å². The normalized spacial score (nSPS) is 22.5. The van der Waals surface area contributed by atoms with Gasteiger partial charge >= 0.3 is 5.97 Å². The fourth-order valence-corrected chi connectivity index (χ4v) is 2.99. The van der Waals surface area contributed by atoms with Gasteiger partial charge in [-0.3, -0.25) is 9.58 Å². The summed E-state index contributed by atoms with van der Waals surface area (Å²) < 4.78 is 6.78. The number of aromatic nitrogens is 2. The lowest BCUT2D eigenvalue weighted by Crippen LogP contribution is -2.43. The summed E-state index contributed by atoms with van der Waals surface area (Å²) >= 11 is 0. The Morgan fingerprint density at radius 2 is 2.24 bits per heavy atom. The number of carbonyl (C=O) groups excluding carboxylic acids is 1. The molecule has 2 atom stereocenters. The maximum absolute atomic E-state index is 12.0. The second-order valence-electron chi connectivity index (χ2n) is 5.68. The quantitative estimate of drug-likeness (QED) is 0.830. The van der Waals surface area contributed by atoms with Crippen LogP contribution in [0.2, 0.25) is 0 Å². The number of rotatable bonds is 5. The highest BCUT2D eigenvalue weighted by atomic mass is 16.5. The number of ether oxygens (including phenoxy) is 1. The van der Waals surface area contributed by atoms with Crippen LogP contribution in [0.5, 0.6) is 0 Å². The first-order chi connectivity index (χ1) is 10.0. The number of likely N-dealkylation sites (N-methyl/N-ethyl adjacent to an activating group) is 1. The molecule has 0 aliphatic heterocycles. The lowest BCUT2D eigenvalue weighted by molar-refractivity contribution is 0.0275. The van der Waals surface area contributed by atoms with Crippen molar-refractivity contribution in [2.24, 2.45) is 7.05 Å². The van der Waals surface area contributed by atoms with E-state index in [0.717, 1.165) is 31.4 Å². The molecule has 1 fully saturated rings. The van der Waals surface area contributed by atoms with Gasteiger partial charge in [0, 0.05) is 19.6 Å². The van der Waals surface area contributed by atoms with Crippen molar-refractivity contribution < 1.29 is 14.6 Å². The molecule has 1 N–H and O–H groups in total. The van der Waals surface area contributed by atoms with Crippen molar-refractivity contribution in [2.45, 2.75) is 51.3 Å². The minimum atomic E-state index is -0.335. The molecule has 1 saturated carbocycles. The van der Waals surface area contributed by atoms with Gasteiger partial charge in [0.1, 0.15) is 5.56 Å². The highest BCUT2D eigenvalue weighted by molar-refractivity contribution is 5.90. The Morgan fingerprint density at radius 3 is 2.90 bits per heavy atom. The summed E-state index contributed by atoms with van der Waals surface area (Å²) in [6, 6.07) is 0.142. The van der Waals surface area contributed by atoms with Crippen molar-refractivity contribution in [1.82, 2.24) is 14.7 Å². The summed E-state index contributed by atoms with van der Waals surface area (Å²) in [5.41, 5.74) is 1.34. The first-order valence-corrected chi connectivity index (χ1v) is 7.60. The molecule has 118 valence electrons. The summed E-state index contributed by atoms with van der Waals surface area (Å²) in [6.45, 7) is 2.72. The third-order valence-corrected chi connectivity index (χ3v) is 4.22.